The Morgan fingerprint density at radius 2 is 2.00 bits per heavy atom. The molecule has 3 rings (SSSR count). The minimum atomic E-state index is -0.239. The van der Waals surface area contributed by atoms with Crippen LogP contribution in [0.4, 0.5) is 0 Å². The van der Waals surface area contributed by atoms with Gasteiger partial charge >= 0.3 is 0 Å². The van der Waals surface area contributed by atoms with Crippen LogP contribution in [-0.4, -0.2) is 49.6 Å². The van der Waals surface area contributed by atoms with Gasteiger partial charge in [-0.3, -0.25) is 14.3 Å². The molecule has 1 aliphatic rings. The van der Waals surface area contributed by atoms with Gasteiger partial charge < -0.3 is 10.2 Å². The molecule has 2 amide bonds. The first-order chi connectivity index (χ1) is 11.6. The van der Waals surface area contributed by atoms with Crippen LogP contribution < -0.4 is 5.32 Å². The number of carbonyl (C=O) groups excluding carboxylic acids is 2. The number of aryl methyl sites for hydroxylation is 3. The Hall–Kier alpha value is -2.44. The summed E-state index contributed by atoms with van der Waals surface area (Å²) < 4.78 is 1.69. The number of fused-ring (bicyclic) bond motifs is 1. The molecule has 134 valence electrons. The van der Waals surface area contributed by atoms with Crippen LogP contribution >= 0.6 is 0 Å². The Labute approximate surface area is 147 Å². The Balaban J connectivity index is 1.88. The molecular formula is C18H25N5O2. The Bertz CT molecular complexity index is 862. The van der Waals surface area contributed by atoms with E-state index in [1.807, 2.05) is 46.6 Å². The van der Waals surface area contributed by atoms with Crippen LogP contribution in [0.1, 0.15) is 48.9 Å². The number of aromatic nitrogens is 3. The van der Waals surface area contributed by atoms with Gasteiger partial charge in [-0.15, -0.1) is 0 Å². The molecule has 0 aliphatic carbocycles. The van der Waals surface area contributed by atoms with Gasteiger partial charge in [-0.05, 0) is 40.7 Å². The lowest BCUT2D eigenvalue weighted by Gasteiger charge is -2.32. The van der Waals surface area contributed by atoms with Crippen LogP contribution in [0.25, 0.3) is 11.0 Å². The number of amides is 2. The average molecular weight is 343 g/mol. The molecule has 0 radical (unpaired) electrons. The summed E-state index contributed by atoms with van der Waals surface area (Å²) in [5.41, 5.74) is 2.56. The maximum Gasteiger partial charge on any atom is 0.252 e. The highest BCUT2D eigenvalue weighted by molar-refractivity contribution is 6.06. The summed E-state index contributed by atoms with van der Waals surface area (Å²) in [6.07, 6.45) is 0.336. The monoisotopic (exact) mass is 343 g/mol. The van der Waals surface area contributed by atoms with E-state index in [0.29, 0.717) is 24.2 Å². The Morgan fingerprint density at radius 3 is 2.60 bits per heavy atom. The van der Waals surface area contributed by atoms with E-state index >= 15 is 0 Å². The fourth-order valence-electron chi connectivity index (χ4n) is 3.46. The summed E-state index contributed by atoms with van der Waals surface area (Å²) in [4.78, 5) is 31.4. The SMILES string of the molecule is Cc1cc(C(=O)NC2CC(=O)N(C(C)(C)C)C2)c2c(C)nn(C)c2n1. The largest absolute Gasteiger partial charge is 0.347 e. The number of nitrogens with one attached hydrogen (secondary N) is 1. The second-order valence-electron chi connectivity index (χ2n) is 7.77. The van der Waals surface area contributed by atoms with Crippen LogP contribution in [0, 0.1) is 13.8 Å². The number of hydrogen-bond donors (Lipinski definition) is 1. The maximum atomic E-state index is 12.9. The van der Waals surface area contributed by atoms with Crippen molar-refractivity contribution in [3.63, 3.8) is 0 Å². The van der Waals surface area contributed by atoms with Gasteiger partial charge in [-0.25, -0.2) is 4.98 Å². The van der Waals surface area contributed by atoms with Gasteiger partial charge in [0.25, 0.3) is 5.91 Å². The van der Waals surface area contributed by atoms with E-state index in [1.165, 1.54) is 0 Å². The zero-order valence-electron chi connectivity index (χ0n) is 15.7. The first-order valence-electron chi connectivity index (χ1n) is 8.50. The van der Waals surface area contributed by atoms with Crippen molar-refractivity contribution < 1.29 is 9.59 Å². The van der Waals surface area contributed by atoms with Gasteiger partial charge in [0.2, 0.25) is 5.91 Å². The normalized spacial score (nSPS) is 18.2. The lowest BCUT2D eigenvalue weighted by molar-refractivity contribution is -0.131. The number of likely N-dealkylation sites (tertiary alicyclic amines) is 1. The lowest BCUT2D eigenvalue weighted by atomic mass is 10.1. The van der Waals surface area contributed by atoms with Crippen molar-refractivity contribution in [2.45, 2.75) is 52.6 Å². The fourth-order valence-corrected chi connectivity index (χ4v) is 3.46. The Morgan fingerprint density at radius 1 is 1.32 bits per heavy atom. The topological polar surface area (TPSA) is 80.1 Å². The van der Waals surface area contributed by atoms with Gasteiger partial charge in [0, 0.05) is 31.2 Å². The molecule has 3 heterocycles. The maximum absolute atomic E-state index is 12.9. The lowest BCUT2D eigenvalue weighted by Crippen LogP contribution is -2.44. The predicted octanol–water partition coefficient (Wildman–Crippen LogP) is 1.71. The van der Waals surface area contributed by atoms with Crippen LogP contribution in [0.2, 0.25) is 0 Å². The van der Waals surface area contributed by atoms with E-state index in [9.17, 15) is 9.59 Å². The highest BCUT2D eigenvalue weighted by atomic mass is 16.2. The summed E-state index contributed by atoms with van der Waals surface area (Å²) >= 11 is 0. The molecule has 2 aromatic rings. The molecule has 0 saturated carbocycles. The summed E-state index contributed by atoms with van der Waals surface area (Å²) in [7, 11) is 1.82. The minimum Gasteiger partial charge on any atom is -0.347 e. The summed E-state index contributed by atoms with van der Waals surface area (Å²) in [5, 5.41) is 8.16. The third kappa shape index (κ3) is 3.10. The number of nitrogens with zero attached hydrogens (tertiary/aromatic N) is 4. The number of hydrogen-bond acceptors (Lipinski definition) is 4. The molecule has 2 aromatic heterocycles. The van der Waals surface area contributed by atoms with E-state index in [1.54, 1.807) is 10.7 Å². The Kier molecular flexibility index (Phi) is 4.05. The first kappa shape index (κ1) is 17.4. The third-order valence-corrected chi connectivity index (χ3v) is 4.61. The molecule has 1 saturated heterocycles. The van der Waals surface area contributed by atoms with Crippen molar-refractivity contribution in [2.24, 2.45) is 7.05 Å². The molecule has 0 bridgehead atoms. The highest BCUT2D eigenvalue weighted by Crippen LogP contribution is 2.24. The zero-order chi connectivity index (χ0) is 18.5. The molecule has 0 spiro atoms. The summed E-state index contributed by atoms with van der Waals surface area (Å²) in [5.74, 6) is -0.105. The van der Waals surface area contributed by atoms with Gasteiger partial charge in [0.1, 0.15) is 0 Å². The molecule has 7 nitrogen and oxygen atoms in total. The van der Waals surface area contributed by atoms with E-state index in [4.69, 9.17) is 0 Å². The van der Waals surface area contributed by atoms with E-state index in [-0.39, 0.29) is 23.4 Å². The van der Waals surface area contributed by atoms with E-state index in [2.05, 4.69) is 15.4 Å². The van der Waals surface area contributed by atoms with E-state index < -0.39 is 0 Å². The summed E-state index contributed by atoms with van der Waals surface area (Å²) in [6.45, 7) is 10.3. The zero-order valence-corrected chi connectivity index (χ0v) is 15.7. The van der Waals surface area contributed by atoms with Crippen molar-refractivity contribution in [2.75, 3.05) is 6.54 Å². The molecule has 1 unspecified atom stereocenters. The van der Waals surface area contributed by atoms with Crippen molar-refractivity contribution in [3.8, 4) is 0 Å². The van der Waals surface area contributed by atoms with Gasteiger partial charge in [0.05, 0.1) is 22.7 Å². The minimum absolute atomic E-state index is 0.0754. The van der Waals surface area contributed by atoms with Crippen molar-refractivity contribution in [1.82, 2.24) is 25.0 Å². The van der Waals surface area contributed by atoms with Crippen LogP contribution in [-0.2, 0) is 11.8 Å². The average Bonchev–Trinajstić information content (AvgIpc) is 2.98. The molecular weight excluding hydrogens is 318 g/mol. The molecule has 1 atom stereocenters. The first-order valence-corrected chi connectivity index (χ1v) is 8.50. The molecule has 1 aliphatic heterocycles. The molecule has 1 N–H and O–H groups in total. The molecule has 0 aromatic carbocycles. The highest BCUT2D eigenvalue weighted by Gasteiger charge is 2.37. The summed E-state index contributed by atoms with van der Waals surface area (Å²) in [6, 6.07) is 1.60. The van der Waals surface area contributed by atoms with Gasteiger partial charge in [-0.1, -0.05) is 0 Å². The number of rotatable bonds is 2. The van der Waals surface area contributed by atoms with Crippen LogP contribution in [0.5, 0.6) is 0 Å². The van der Waals surface area contributed by atoms with Crippen molar-refractivity contribution >= 4 is 22.8 Å². The molecule has 1 fully saturated rings. The van der Waals surface area contributed by atoms with Crippen LogP contribution in [0.15, 0.2) is 6.07 Å². The van der Waals surface area contributed by atoms with E-state index in [0.717, 1.165) is 16.8 Å². The quantitative estimate of drug-likeness (QED) is 0.900. The smallest absolute Gasteiger partial charge is 0.252 e. The molecule has 25 heavy (non-hydrogen) atoms. The molecule has 7 heteroatoms. The van der Waals surface area contributed by atoms with Gasteiger partial charge in [-0.2, -0.15) is 5.10 Å². The van der Waals surface area contributed by atoms with Gasteiger partial charge in [0.15, 0.2) is 5.65 Å². The standard InChI is InChI=1S/C18H25N5O2/c1-10-7-13(15-11(2)21-22(6)16(15)19-10)17(25)20-12-8-14(24)23(9-12)18(3,4)5/h7,12H,8-9H2,1-6H3,(H,20,25). The third-order valence-electron chi connectivity index (χ3n) is 4.61. The van der Waals surface area contributed by atoms with Crippen molar-refractivity contribution in [1.29, 1.82) is 0 Å². The predicted molar refractivity (Wildman–Crippen MR) is 95.3 cm³/mol. The second-order valence-corrected chi connectivity index (χ2v) is 7.77. The second kappa shape index (κ2) is 5.82. The number of carbonyl (C=O) groups is 2. The van der Waals surface area contributed by atoms with Crippen LogP contribution in [0.3, 0.4) is 0 Å². The fraction of sp³-hybridized carbons (Fsp3) is 0.556. The number of pyridine rings is 1. The van der Waals surface area contributed by atoms with Crippen molar-refractivity contribution in [3.05, 3.63) is 23.0 Å².